The van der Waals surface area contributed by atoms with E-state index in [2.05, 4.69) is 13.0 Å². The second kappa shape index (κ2) is 7.02. The Bertz CT molecular complexity index is 766. The summed E-state index contributed by atoms with van der Waals surface area (Å²) in [5.41, 5.74) is -3.13. The lowest BCUT2D eigenvalue weighted by molar-refractivity contribution is -0.230. The fourth-order valence-electron chi connectivity index (χ4n) is 7.31. The summed E-state index contributed by atoms with van der Waals surface area (Å²) < 4.78 is 15.9. The Morgan fingerprint density at radius 3 is 2.53 bits per heavy atom. The van der Waals surface area contributed by atoms with Crippen LogP contribution in [0.15, 0.2) is 12.2 Å². The number of aliphatic hydroxyl groups excluding tert-OH is 3. The summed E-state index contributed by atoms with van der Waals surface area (Å²) in [7, 11) is 2.47. The molecule has 0 amide bonds. The van der Waals surface area contributed by atoms with Crippen LogP contribution in [0.1, 0.15) is 33.1 Å². The van der Waals surface area contributed by atoms with E-state index in [0.29, 0.717) is 12.8 Å². The van der Waals surface area contributed by atoms with E-state index in [1.54, 1.807) is 0 Å². The minimum atomic E-state index is -1.84. The van der Waals surface area contributed by atoms with Crippen LogP contribution in [0.3, 0.4) is 0 Å². The first-order chi connectivity index (χ1) is 14.1. The Morgan fingerprint density at radius 1 is 1.20 bits per heavy atom. The summed E-state index contributed by atoms with van der Waals surface area (Å²) in [4.78, 5) is 25.2. The maximum atomic E-state index is 12.9. The van der Waals surface area contributed by atoms with Crippen LogP contribution < -0.4 is 0 Å². The first kappa shape index (κ1) is 21.7. The number of allylic oxidation sites excluding steroid dienone is 1. The van der Waals surface area contributed by atoms with Gasteiger partial charge in [0.1, 0.15) is 6.10 Å². The predicted octanol–water partition coefficient (Wildman–Crippen LogP) is 0.429. The molecule has 0 aromatic heterocycles. The molecule has 4 rings (SSSR count). The minimum Gasteiger partial charge on any atom is -0.469 e. The van der Waals surface area contributed by atoms with E-state index in [1.807, 2.05) is 13.0 Å². The number of rotatable bonds is 3. The van der Waals surface area contributed by atoms with E-state index in [4.69, 9.17) is 14.2 Å². The predicted molar refractivity (Wildman–Crippen MR) is 104 cm³/mol. The number of fused-ring (bicyclic) bond motifs is 3. The van der Waals surface area contributed by atoms with E-state index < -0.39 is 58.5 Å². The van der Waals surface area contributed by atoms with Gasteiger partial charge in [0, 0.05) is 17.3 Å². The second-order valence-corrected chi connectivity index (χ2v) is 9.79. The molecule has 2 saturated carbocycles. The number of hydrogen-bond donors (Lipinski definition) is 3. The molecule has 0 unspecified atom stereocenters. The van der Waals surface area contributed by atoms with Crippen molar-refractivity contribution in [2.45, 2.75) is 57.0 Å². The van der Waals surface area contributed by atoms with Gasteiger partial charge in [0.15, 0.2) is 5.60 Å². The topological polar surface area (TPSA) is 123 Å². The van der Waals surface area contributed by atoms with Crippen molar-refractivity contribution >= 4 is 11.9 Å². The highest BCUT2D eigenvalue weighted by Gasteiger charge is 2.77. The zero-order chi connectivity index (χ0) is 22.1. The Labute approximate surface area is 176 Å². The quantitative estimate of drug-likeness (QED) is 0.440. The molecule has 3 aliphatic carbocycles. The van der Waals surface area contributed by atoms with Gasteiger partial charge in [0.05, 0.1) is 39.5 Å². The van der Waals surface area contributed by atoms with Crippen LogP contribution >= 0.6 is 0 Å². The van der Waals surface area contributed by atoms with Gasteiger partial charge in [-0.2, -0.15) is 0 Å². The molecule has 3 N–H and O–H groups in total. The summed E-state index contributed by atoms with van der Waals surface area (Å²) in [6, 6.07) is 0. The number of aliphatic hydroxyl groups is 3. The average molecular weight is 424 g/mol. The lowest BCUT2D eigenvalue weighted by Crippen LogP contribution is -2.71. The van der Waals surface area contributed by atoms with Gasteiger partial charge in [-0.15, -0.1) is 0 Å². The van der Waals surface area contributed by atoms with Crippen molar-refractivity contribution in [1.82, 2.24) is 0 Å². The third kappa shape index (κ3) is 2.48. The van der Waals surface area contributed by atoms with Crippen LogP contribution in [-0.4, -0.2) is 72.0 Å². The smallest absolute Gasteiger partial charge is 0.341 e. The minimum absolute atomic E-state index is 0.0104. The standard InChI is InChI=1S/C22H32O8/c1-11-12-5-8-21-10-30-22(19(27)29-4,14(21)9-15(24)28-3)18(26)16(25)17(21)20(12,2)7-6-13(11)23/h5,8,11-14,16-18,23,25-26H,6-7,9-10H2,1-4H3/t11-,12-,13-,14+,16+,17+,18-,20-,21+,22-/m0/s1. The number of methoxy groups -OCH3 is 2. The molecule has 168 valence electrons. The fourth-order valence-corrected chi connectivity index (χ4v) is 7.31. The fraction of sp³-hybridized carbons (Fsp3) is 0.818. The average Bonchev–Trinajstić information content (AvgIpc) is 2.98. The van der Waals surface area contributed by atoms with E-state index >= 15 is 0 Å². The van der Waals surface area contributed by atoms with Gasteiger partial charge in [0.25, 0.3) is 0 Å². The normalized spacial score (nSPS) is 51.6. The van der Waals surface area contributed by atoms with Crippen LogP contribution in [0.5, 0.6) is 0 Å². The summed E-state index contributed by atoms with van der Waals surface area (Å²) in [6.07, 6.45) is 1.86. The van der Waals surface area contributed by atoms with Gasteiger partial charge in [-0.1, -0.05) is 26.0 Å². The number of hydrogen-bond acceptors (Lipinski definition) is 8. The Kier molecular flexibility index (Phi) is 5.09. The first-order valence-corrected chi connectivity index (χ1v) is 10.6. The molecule has 0 radical (unpaired) electrons. The maximum Gasteiger partial charge on any atom is 0.341 e. The number of carbonyl (C=O) groups excluding carboxylic acids is 2. The Balaban J connectivity index is 1.90. The van der Waals surface area contributed by atoms with Crippen molar-refractivity contribution in [1.29, 1.82) is 0 Å². The molecule has 1 saturated heterocycles. The van der Waals surface area contributed by atoms with Gasteiger partial charge in [-0.25, -0.2) is 4.79 Å². The van der Waals surface area contributed by atoms with Gasteiger partial charge in [-0.05, 0) is 30.1 Å². The molecule has 0 aromatic carbocycles. The van der Waals surface area contributed by atoms with Crippen molar-refractivity contribution in [2.75, 3.05) is 20.8 Å². The zero-order valence-corrected chi connectivity index (χ0v) is 17.9. The molecule has 30 heavy (non-hydrogen) atoms. The molecular weight excluding hydrogens is 392 g/mol. The van der Waals surface area contributed by atoms with Gasteiger partial charge in [0.2, 0.25) is 0 Å². The molecule has 1 spiro atoms. The molecule has 8 nitrogen and oxygen atoms in total. The summed E-state index contributed by atoms with van der Waals surface area (Å²) >= 11 is 0. The summed E-state index contributed by atoms with van der Waals surface area (Å²) in [6.45, 7) is 4.15. The monoisotopic (exact) mass is 424 g/mol. The lowest BCUT2D eigenvalue weighted by Gasteiger charge is -2.63. The molecule has 3 fully saturated rings. The SMILES string of the molecule is COC(=O)C[C@@H]1[C@]23C=C[C@H]4[C@H](C)[C@@H](O)CC[C@]4(C)[C@H]2[C@@H](O)[C@H](O)[C@@]1(C(=O)OC)OC3. The first-order valence-electron chi connectivity index (χ1n) is 10.6. The summed E-state index contributed by atoms with van der Waals surface area (Å²) in [5, 5.41) is 33.0. The van der Waals surface area contributed by atoms with Gasteiger partial charge in [-0.3, -0.25) is 4.79 Å². The van der Waals surface area contributed by atoms with Crippen molar-refractivity contribution in [2.24, 2.45) is 34.5 Å². The highest BCUT2D eigenvalue weighted by molar-refractivity contribution is 5.84. The van der Waals surface area contributed by atoms with Gasteiger partial charge < -0.3 is 29.5 Å². The van der Waals surface area contributed by atoms with E-state index in [-0.39, 0.29) is 24.9 Å². The molecule has 0 aromatic rings. The lowest BCUT2D eigenvalue weighted by atomic mass is 9.41. The molecule has 2 bridgehead atoms. The van der Waals surface area contributed by atoms with Crippen LogP contribution in [0.25, 0.3) is 0 Å². The molecule has 4 aliphatic rings. The van der Waals surface area contributed by atoms with E-state index in [9.17, 15) is 24.9 Å². The molecule has 1 heterocycles. The highest BCUT2D eigenvalue weighted by Crippen LogP contribution is 2.69. The Morgan fingerprint density at radius 2 is 1.90 bits per heavy atom. The number of carbonyl (C=O) groups is 2. The molecule has 1 aliphatic heterocycles. The van der Waals surface area contributed by atoms with Crippen molar-refractivity contribution in [3.63, 3.8) is 0 Å². The van der Waals surface area contributed by atoms with Crippen LogP contribution in [-0.2, 0) is 23.8 Å². The second-order valence-electron chi connectivity index (χ2n) is 9.79. The molecular formula is C22H32O8. The van der Waals surface area contributed by atoms with Crippen molar-refractivity contribution < 1.29 is 39.1 Å². The van der Waals surface area contributed by atoms with E-state index in [0.717, 1.165) is 0 Å². The number of esters is 2. The summed E-state index contributed by atoms with van der Waals surface area (Å²) in [5.74, 6) is -2.55. The van der Waals surface area contributed by atoms with E-state index in [1.165, 1.54) is 14.2 Å². The van der Waals surface area contributed by atoms with Crippen molar-refractivity contribution in [3.8, 4) is 0 Å². The molecule has 10 atom stereocenters. The van der Waals surface area contributed by atoms with Crippen LogP contribution in [0, 0.1) is 34.5 Å². The Hall–Kier alpha value is -1.48. The highest BCUT2D eigenvalue weighted by atomic mass is 16.6. The largest absolute Gasteiger partial charge is 0.469 e. The van der Waals surface area contributed by atoms with Gasteiger partial charge >= 0.3 is 11.9 Å². The third-order valence-corrected chi connectivity index (χ3v) is 8.75. The number of ether oxygens (including phenoxy) is 3. The molecule has 8 heteroatoms. The maximum absolute atomic E-state index is 12.9. The third-order valence-electron chi connectivity index (χ3n) is 8.75. The van der Waals surface area contributed by atoms with Crippen molar-refractivity contribution in [3.05, 3.63) is 12.2 Å². The zero-order valence-electron chi connectivity index (χ0n) is 17.9. The van der Waals surface area contributed by atoms with Crippen LogP contribution in [0.4, 0.5) is 0 Å². The van der Waals surface area contributed by atoms with Crippen LogP contribution in [0.2, 0.25) is 0 Å².